The number of piperidine rings is 1. The molecule has 1 aliphatic heterocycles. The zero-order valence-electron chi connectivity index (χ0n) is 15.0. The number of likely N-dealkylation sites (tertiary alicyclic amines) is 1. The summed E-state index contributed by atoms with van der Waals surface area (Å²) in [7, 11) is 0. The lowest BCUT2D eigenvalue weighted by atomic mass is 9.99. The molecule has 1 aromatic rings. The highest BCUT2D eigenvalue weighted by molar-refractivity contribution is 5.95. The molecule has 0 radical (unpaired) electrons. The predicted octanol–water partition coefficient (Wildman–Crippen LogP) is 4.62. The third-order valence-corrected chi connectivity index (χ3v) is 5.57. The molecule has 1 aromatic heterocycles. The third kappa shape index (κ3) is 4.28. The van der Waals surface area contributed by atoms with Gasteiger partial charge in [0.2, 0.25) is 0 Å². The van der Waals surface area contributed by atoms with Crippen LogP contribution in [0, 0.1) is 0 Å². The number of nitrogens with zero attached hydrogens (tertiary/aromatic N) is 2. The summed E-state index contributed by atoms with van der Waals surface area (Å²) in [6, 6.07) is 2.92. The molecule has 1 N–H and O–H groups in total. The van der Waals surface area contributed by atoms with E-state index in [2.05, 4.69) is 22.1 Å². The van der Waals surface area contributed by atoms with E-state index in [0.717, 1.165) is 37.1 Å². The zero-order chi connectivity index (χ0) is 16.8. The van der Waals surface area contributed by atoms with Crippen molar-refractivity contribution in [2.45, 2.75) is 83.2 Å². The van der Waals surface area contributed by atoms with E-state index in [-0.39, 0.29) is 5.91 Å². The number of amides is 1. The topological polar surface area (TPSA) is 45.2 Å². The second kappa shape index (κ2) is 8.50. The molecule has 1 atom stereocenters. The van der Waals surface area contributed by atoms with Crippen molar-refractivity contribution in [2.75, 3.05) is 11.9 Å². The fourth-order valence-corrected chi connectivity index (χ4v) is 4.15. The normalized spacial score (nSPS) is 22.9. The van der Waals surface area contributed by atoms with Gasteiger partial charge in [-0.25, -0.2) is 0 Å². The smallest absolute Gasteiger partial charge is 0.255 e. The van der Waals surface area contributed by atoms with Crippen molar-refractivity contribution in [1.82, 2.24) is 9.88 Å². The maximum atomic E-state index is 12.9. The van der Waals surface area contributed by atoms with E-state index < -0.39 is 0 Å². The molecule has 4 heteroatoms. The Labute approximate surface area is 146 Å². The first-order valence-electron chi connectivity index (χ1n) is 9.80. The molecule has 0 bridgehead atoms. The Hall–Kier alpha value is -1.58. The lowest BCUT2D eigenvalue weighted by molar-refractivity contribution is 0.0607. The predicted molar refractivity (Wildman–Crippen MR) is 98.3 cm³/mol. The van der Waals surface area contributed by atoms with Crippen LogP contribution in [0.25, 0.3) is 0 Å². The van der Waals surface area contributed by atoms with Gasteiger partial charge in [-0.05, 0) is 44.6 Å². The molecule has 1 saturated carbocycles. The Morgan fingerprint density at radius 1 is 1.12 bits per heavy atom. The molecule has 2 heterocycles. The number of anilines is 1. The first kappa shape index (κ1) is 17.2. The van der Waals surface area contributed by atoms with Gasteiger partial charge in [0.25, 0.3) is 5.91 Å². The van der Waals surface area contributed by atoms with Crippen LogP contribution in [-0.2, 0) is 0 Å². The second-order valence-electron chi connectivity index (χ2n) is 7.35. The highest BCUT2D eigenvalue weighted by atomic mass is 16.2. The molecule has 4 nitrogen and oxygen atoms in total. The van der Waals surface area contributed by atoms with E-state index in [1.54, 1.807) is 6.20 Å². The number of carbonyl (C=O) groups is 1. The highest BCUT2D eigenvalue weighted by Gasteiger charge is 2.26. The zero-order valence-corrected chi connectivity index (χ0v) is 15.0. The van der Waals surface area contributed by atoms with Crippen molar-refractivity contribution < 1.29 is 4.79 Å². The average molecular weight is 329 g/mol. The summed E-state index contributed by atoms with van der Waals surface area (Å²) >= 11 is 0. The minimum absolute atomic E-state index is 0.151. The van der Waals surface area contributed by atoms with Gasteiger partial charge in [0, 0.05) is 31.0 Å². The number of hydrogen-bond acceptors (Lipinski definition) is 3. The lowest BCUT2D eigenvalue weighted by Gasteiger charge is -2.35. The number of carbonyl (C=O) groups excluding carboxylic acids is 1. The molecule has 132 valence electrons. The standard InChI is InChI=1S/C20H31N3O/c1-2-19-11-7-8-12-23(19)20(24)16-13-18(15-21-14-16)22-17-9-5-3-4-6-10-17/h13-15,17,19,22H,2-12H2,1H3. The van der Waals surface area contributed by atoms with Gasteiger partial charge in [-0.1, -0.05) is 32.6 Å². The van der Waals surface area contributed by atoms with Gasteiger partial charge >= 0.3 is 0 Å². The van der Waals surface area contributed by atoms with Crippen LogP contribution < -0.4 is 5.32 Å². The van der Waals surface area contributed by atoms with Crippen LogP contribution in [0.2, 0.25) is 0 Å². The number of hydrogen-bond donors (Lipinski definition) is 1. The fraction of sp³-hybridized carbons (Fsp3) is 0.700. The molecule has 1 amide bonds. The van der Waals surface area contributed by atoms with Gasteiger partial charge in [0.15, 0.2) is 0 Å². The van der Waals surface area contributed by atoms with Crippen LogP contribution in [0.5, 0.6) is 0 Å². The minimum atomic E-state index is 0.151. The van der Waals surface area contributed by atoms with Crippen LogP contribution in [0.4, 0.5) is 5.69 Å². The van der Waals surface area contributed by atoms with Gasteiger partial charge < -0.3 is 10.2 Å². The van der Waals surface area contributed by atoms with E-state index in [4.69, 9.17) is 0 Å². The monoisotopic (exact) mass is 329 g/mol. The van der Waals surface area contributed by atoms with E-state index >= 15 is 0 Å². The lowest BCUT2D eigenvalue weighted by Crippen LogP contribution is -2.43. The summed E-state index contributed by atoms with van der Waals surface area (Å²) in [5.41, 5.74) is 1.73. The molecule has 1 unspecified atom stereocenters. The summed E-state index contributed by atoms with van der Waals surface area (Å²) in [5, 5.41) is 3.61. The molecular formula is C20H31N3O. The first-order valence-corrected chi connectivity index (χ1v) is 9.80. The molecule has 0 spiro atoms. The number of rotatable bonds is 4. The van der Waals surface area contributed by atoms with Crippen molar-refractivity contribution in [1.29, 1.82) is 0 Å². The van der Waals surface area contributed by atoms with Gasteiger partial charge in [-0.2, -0.15) is 0 Å². The molecule has 24 heavy (non-hydrogen) atoms. The van der Waals surface area contributed by atoms with E-state index in [1.165, 1.54) is 44.9 Å². The van der Waals surface area contributed by atoms with Crippen LogP contribution in [0.1, 0.15) is 81.5 Å². The Kier molecular flexibility index (Phi) is 6.11. The average Bonchev–Trinajstić information content (AvgIpc) is 2.90. The van der Waals surface area contributed by atoms with Gasteiger partial charge in [0.1, 0.15) is 0 Å². The molecular weight excluding hydrogens is 298 g/mol. The second-order valence-corrected chi connectivity index (χ2v) is 7.35. The van der Waals surface area contributed by atoms with Crippen LogP contribution >= 0.6 is 0 Å². The van der Waals surface area contributed by atoms with Crippen LogP contribution in [0.3, 0.4) is 0 Å². The van der Waals surface area contributed by atoms with E-state index in [9.17, 15) is 4.79 Å². The summed E-state index contributed by atoms with van der Waals surface area (Å²) in [5.74, 6) is 0.151. The Bertz CT molecular complexity index is 537. The Balaban J connectivity index is 1.68. The third-order valence-electron chi connectivity index (χ3n) is 5.57. The number of aromatic nitrogens is 1. The molecule has 2 fully saturated rings. The maximum absolute atomic E-state index is 12.9. The molecule has 2 aliphatic rings. The van der Waals surface area contributed by atoms with Gasteiger partial charge in [0.05, 0.1) is 11.3 Å². The number of nitrogens with one attached hydrogen (secondary N) is 1. The highest BCUT2D eigenvalue weighted by Crippen LogP contribution is 2.24. The maximum Gasteiger partial charge on any atom is 0.255 e. The molecule has 0 aromatic carbocycles. The summed E-state index contributed by atoms with van der Waals surface area (Å²) in [6.07, 6.45) is 15.9. The SMILES string of the molecule is CCC1CCCCN1C(=O)c1cncc(NC2CCCCCC2)c1. The molecule has 3 rings (SSSR count). The van der Waals surface area contributed by atoms with E-state index in [1.807, 2.05) is 12.3 Å². The van der Waals surface area contributed by atoms with Crippen LogP contribution in [-0.4, -0.2) is 34.4 Å². The van der Waals surface area contributed by atoms with Gasteiger partial charge in [-0.15, -0.1) is 0 Å². The Morgan fingerprint density at radius 3 is 2.62 bits per heavy atom. The summed E-state index contributed by atoms with van der Waals surface area (Å²) < 4.78 is 0. The first-order chi connectivity index (χ1) is 11.8. The van der Waals surface area contributed by atoms with Crippen molar-refractivity contribution in [2.24, 2.45) is 0 Å². The van der Waals surface area contributed by atoms with Gasteiger partial charge in [-0.3, -0.25) is 9.78 Å². The van der Waals surface area contributed by atoms with Crippen molar-refractivity contribution >= 4 is 11.6 Å². The summed E-state index contributed by atoms with van der Waals surface area (Å²) in [6.45, 7) is 3.07. The molecule has 1 aliphatic carbocycles. The van der Waals surface area contributed by atoms with Crippen LogP contribution in [0.15, 0.2) is 18.5 Å². The molecule has 1 saturated heterocycles. The van der Waals surface area contributed by atoms with Crippen molar-refractivity contribution in [3.05, 3.63) is 24.0 Å². The quantitative estimate of drug-likeness (QED) is 0.820. The number of pyridine rings is 1. The minimum Gasteiger partial charge on any atom is -0.381 e. The summed E-state index contributed by atoms with van der Waals surface area (Å²) in [4.78, 5) is 19.3. The fourth-order valence-electron chi connectivity index (χ4n) is 4.15. The van der Waals surface area contributed by atoms with E-state index in [0.29, 0.717) is 12.1 Å². The van der Waals surface area contributed by atoms with Crippen molar-refractivity contribution in [3.63, 3.8) is 0 Å². The Morgan fingerprint density at radius 2 is 1.88 bits per heavy atom. The largest absolute Gasteiger partial charge is 0.381 e. The van der Waals surface area contributed by atoms with Crippen molar-refractivity contribution in [3.8, 4) is 0 Å².